The van der Waals surface area contributed by atoms with Gasteiger partial charge in [-0.2, -0.15) is 0 Å². The van der Waals surface area contributed by atoms with Crippen molar-refractivity contribution in [2.45, 2.75) is 32.7 Å². The Balaban J connectivity index is 1.82. The number of benzene rings is 1. The highest BCUT2D eigenvalue weighted by molar-refractivity contribution is 5.78. The van der Waals surface area contributed by atoms with Crippen LogP contribution in [0.1, 0.15) is 27.2 Å². The molecule has 1 saturated heterocycles. The molecule has 0 atom stereocenters. The van der Waals surface area contributed by atoms with Gasteiger partial charge in [-0.15, -0.1) is 0 Å². The predicted octanol–water partition coefficient (Wildman–Crippen LogP) is 2.25. The van der Waals surface area contributed by atoms with Gasteiger partial charge in [0.05, 0.1) is 0 Å². The van der Waals surface area contributed by atoms with Crippen molar-refractivity contribution in [2.75, 3.05) is 32.8 Å². The van der Waals surface area contributed by atoms with Crippen molar-refractivity contribution < 1.29 is 18.7 Å². The Morgan fingerprint density at radius 1 is 1.08 bits per heavy atom. The second-order valence-corrected chi connectivity index (χ2v) is 7.14. The maximum Gasteiger partial charge on any atom is 0.317 e. The minimum absolute atomic E-state index is 0.0974. The number of nitrogens with one attached hydrogen (secondary N) is 1. The third kappa shape index (κ3) is 6.25. The van der Waals surface area contributed by atoms with E-state index in [0.717, 1.165) is 6.42 Å². The molecule has 3 amide bonds. The monoisotopic (exact) mass is 351 g/mol. The standard InChI is InChI=1S/C18H26FN3O3/c1-18(2,3)20-17(24)22-10-4-9-21(11-12-22)16(23)13-25-15-7-5-14(19)6-8-15/h5-8H,4,9-13H2,1-3H3,(H,20,24). The van der Waals surface area contributed by atoms with Crippen molar-refractivity contribution in [3.63, 3.8) is 0 Å². The molecule has 6 nitrogen and oxygen atoms in total. The molecule has 25 heavy (non-hydrogen) atoms. The van der Waals surface area contributed by atoms with Gasteiger partial charge < -0.3 is 19.9 Å². The summed E-state index contributed by atoms with van der Waals surface area (Å²) in [5.74, 6) is -0.0297. The van der Waals surface area contributed by atoms with Gasteiger partial charge in [0.2, 0.25) is 0 Å². The molecule has 2 rings (SSSR count). The highest BCUT2D eigenvalue weighted by Crippen LogP contribution is 2.12. The summed E-state index contributed by atoms with van der Waals surface area (Å²) in [5.41, 5.74) is -0.290. The fourth-order valence-electron chi connectivity index (χ4n) is 2.54. The molecule has 0 bridgehead atoms. The fourth-order valence-corrected chi connectivity index (χ4v) is 2.54. The van der Waals surface area contributed by atoms with Gasteiger partial charge in [0.1, 0.15) is 11.6 Å². The number of urea groups is 1. The zero-order valence-corrected chi connectivity index (χ0v) is 15.0. The smallest absolute Gasteiger partial charge is 0.317 e. The number of amides is 3. The topological polar surface area (TPSA) is 61.9 Å². The van der Waals surface area contributed by atoms with Crippen LogP contribution in [0.2, 0.25) is 0 Å². The van der Waals surface area contributed by atoms with Gasteiger partial charge in [0.25, 0.3) is 5.91 Å². The minimum atomic E-state index is -0.347. The number of hydrogen-bond acceptors (Lipinski definition) is 3. The maximum absolute atomic E-state index is 12.9. The summed E-state index contributed by atoms with van der Waals surface area (Å²) in [6, 6.07) is 5.45. The second kappa shape index (κ2) is 8.18. The van der Waals surface area contributed by atoms with E-state index in [-0.39, 0.29) is 29.9 Å². The van der Waals surface area contributed by atoms with Crippen molar-refractivity contribution in [3.8, 4) is 5.75 Å². The predicted molar refractivity (Wildman–Crippen MR) is 92.9 cm³/mol. The largest absolute Gasteiger partial charge is 0.484 e. The van der Waals surface area contributed by atoms with Gasteiger partial charge in [0, 0.05) is 31.7 Å². The van der Waals surface area contributed by atoms with Crippen molar-refractivity contribution in [2.24, 2.45) is 0 Å². The number of hydrogen-bond donors (Lipinski definition) is 1. The summed E-state index contributed by atoms with van der Waals surface area (Å²) in [7, 11) is 0. The van der Waals surface area contributed by atoms with Crippen molar-refractivity contribution >= 4 is 11.9 Å². The lowest BCUT2D eigenvalue weighted by Gasteiger charge is -2.27. The zero-order chi connectivity index (χ0) is 18.4. The van der Waals surface area contributed by atoms with E-state index in [0.29, 0.717) is 31.9 Å². The minimum Gasteiger partial charge on any atom is -0.484 e. The molecule has 0 saturated carbocycles. The van der Waals surface area contributed by atoms with Crippen LogP contribution in [0.5, 0.6) is 5.75 Å². The molecule has 1 aliphatic heterocycles. The highest BCUT2D eigenvalue weighted by atomic mass is 19.1. The van der Waals surface area contributed by atoms with Crippen molar-refractivity contribution in [3.05, 3.63) is 30.1 Å². The van der Waals surface area contributed by atoms with Crippen molar-refractivity contribution in [1.82, 2.24) is 15.1 Å². The quantitative estimate of drug-likeness (QED) is 0.909. The van der Waals surface area contributed by atoms with Crippen LogP contribution < -0.4 is 10.1 Å². The Morgan fingerprint density at radius 3 is 2.32 bits per heavy atom. The van der Waals surface area contributed by atoms with E-state index >= 15 is 0 Å². The first-order valence-corrected chi connectivity index (χ1v) is 8.48. The molecule has 138 valence electrons. The fraction of sp³-hybridized carbons (Fsp3) is 0.556. The summed E-state index contributed by atoms with van der Waals surface area (Å²) in [4.78, 5) is 28.0. The summed E-state index contributed by atoms with van der Waals surface area (Å²) in [6.45, 7) is 7.88. The maximum atomic E-state index is 12.9. The Hall–Kier alpha value is -2.31. The lowest BCUT2D eigenvalue weighted by molar-refractivity contribution is -0.133. The van der Waals surface area contributed by atoms with Gasteiger partial charge in [-0.25, -0.2) is 9.18 Å². The van der Waals surface area contributed by atoms with Crippen LogP contribution >= 0.6 is 0 Å². The van der Waals surface area contributed by atoms with Crippen LogP contribution in [0.15, 0.2) is 24.3 Å². The zero-order valence-electron chi connectivity index (χ0n) is 15.0. The molecule has 0 unspecified atom stereocenters. The Labute approximate surface area is 147 Å². The molecule has 1 aliphatic rings. The SMILES string of the molecule is CC(C)(C)NC(=O)N1CCCN(C(=O)COc2ccc(F)cc2)CC1. The van der Waals surface area contributed by atoms with Gasteiger partial charge in [-0.3, -0.25) is 4.79 Å². The Kier molecular flexibility index (Phi) is 6.22. The Morgan fingerprint density at radius 2 is 1.68 bits per heavy atom. The molecule has 1 N–H and O–H groups in total. The first-order valence-electron chi connectivity index (χ1n) is 8.48. The molecule has 7 heteroatoms. The van der Waals surface area contributed by atoms with E-state index < -0.39 is 0 Å². The summed E-state index contributed by atoms with van der Waals surface area (Å²) < 4.78 is 18.3. The van der Waals surface area contributed by atoms with E-state index in [2.05, 4.69) is 5.32 Å². The number of ether oxygens (including phenoxy) is 1. The number of rotatable bonds is 3. The molecule has 0 aliphatic carbocycles. The first kappa shape index (κ1) is 19.0. The molecular formula is C18H26FN3O3. The Bertz CT molecular complexity index is 599. The van der Waals surface area contributed by atoms with Crippen LogP contribution in [0, 0.1) is 5.82 Å². The van der Waals surface area contributed by atoms with Crippen LogP contribution in [0.3, 0.4) is 0 Å². The van der Waals surface area contributed by atoms with E-state index in [1.54, 1.807) is 9.80 Å². The van der Waals surface area contributed by atoms with Gasteiger partial charge in [-0.1, -0.05) is 0 Å². The first-order chi connectivity index (χ1) is 11.7. The molecule has 0 spiro atoms. The number of carbonyl (C=O) groups is 2. The lowest BCUT2D eigenvalue weighted by atomic mass is 10.1. The van der Waals surface area contributed by atoms with E-state index in [1.165, 1.54) is 24.3 Å². The number of carbonyl (C=O) groups excluding carboxylic acids is 2. The van der Waals surface area contributed by atoms with Gasteiger partial charge in [-0.05, 0) is 51.5 Å². The van der Waals surface area contributed by atoms with Crippen molar-refractivity contribution in [1.29, 1.82) is 0 Å². The molecule has 0 aromatic heterocycles. The highest BCUT2D eigenvalue weighted by Gasteiger charge is 2.24. The third-order valence-electron chi connectivity index (χ3n) is 3.79. The summed E-state index contributed by atoms with van der Waals surface area (Å²) in [5, 5.41) is 2.94. The van der Waals surface area contributed by atoms with Gasteiger partial charge >= 0.3 is 6.03 Å². The van der Waals surface area contributed by atoms with E-state index in [1.807, 2.05) is 20.8 Å². The third-order valence-corrected chi connectivity index (χ3v) is 3.79. The molecule has 1 aromatic rings. The summed E-state index contributed by atoms with van der Waals surface area (Å²) >= 11 is 0. The van der Waals surface area contributed by atoms with Crippen LogP contribution in [-0.2, 0) is 4.79 Å². The van der Waals surface area contributed by atoms with Crippen LogP contribution in [0.25, 0.3) is 0 Å². The number of nitrogens with zero attached hydrogens (tertiary/aromatic N) is 2. The number of halogens is 1. The average molecular weight is 351 g/mol. The molecule has 1 heterocycles. The van der Waals surface area contributed by atoms with Crippen LogP contribution in [0.4, 0.5) is 9.18 Å². The molecule has 0 radical (unpaired) electrons. The molecule has 1 aromatic carbocycles. The molecular weight excluding hydrogens is 325 g/mol. The average Bonchev–Trinajstić information content (AvgIpc) is 2.78. The lowest BCUT2D eigenvalue weighted by Crippen LogP contribution is -2.49. The molecule has 1 fully saturated rings. The van der Waals surface area contributed by atoms with E-state index in [4.69, 9.17) is 4.74 Å². The summed E-state index contributed by atoms with van der Waals surface area (Å²) in [6.07, 6.45) is 0.722. The van der Waals surface area contributed by atoms with Crippen LogP contribution in [-0.4, -0.2) is 60.1 Å². The second-order valence-electron chi connectivity index (χ2n) is 7.14. The van der Waals surface area contributed by atoms with E-state index in [9.17, 15) is 14.0 Å². The normalized spacial score (nSPS) is 15.5. The van der Waals surface area contributed by atoms with Gasteiger partial charge in [0.15, 0.2) is 6.61 Å².